The largest absolute Gasteiger partial charge is 0.399 e. The maximum atomic E-state index is 12.9. The maximum Gasteiger partial charge on any atom is 0.193 e. The van der Waals surface area contributed by atoms with Crippen molar-refractivity contribution in [1.29, 1.82) is 0 Å². The zero-order valence-corrected chi connectivity index (χ0v) is 6.47. The van der Waals surface area contributed by atoms with Crippen LogP contribution < -0.4 is 5.73 Å². The zero-order valence-electron chi connectivity index (χ0n) is 6.47. The van der Waals surface area contributed by atoms with Crippen LogP contribution in [0.1, 0.15) is 5.56 Å². The highest BCUT2D eigenvalue weighted by molar-refractivity contribution is 5.74. The normalized spacial score (nSPS) is 8.77. The topological polar surface area (TPSA) is 43.1 Å². The molecule has 0 unspecified atom stereocenters. The van der Waals surface area contributed by atoms with E-state index >= 15 is 0 Å². The third kappa shape index (κ3) is 2.03. The fraction of sp³-hybridized carbons (Fsp3) is 0. The molecule has 4 heteroatoms. The lowest BCUT2D eigenvalue weighted by atomic mass is 10.2. The predicted octanol–water partition coefficient (Wildman–Crippen LogP) is 1.10. The molecule has 0 fully saturated rings. The Hall–Kier alpha value is -1.89. The van der Waals surface area contributed by atoms with Gasteiger partial charge in [0.2, 0.25) is 0 Å². The summed E-state index contributed by atoms with van der Waals surface area (Å²) in [6.07, 6.45) is 0.259. The smallest absolute Gasteiger partial charge is 0.193 e. The van der Waals surface area contributed by atoms with E-state index in [-0.39, 0.29) is 12.0 Å². The van der Waals surface area contributed by atoms with Crippen LogP contribution in [0.5, 0.6) is 0 Å². The number of rotatable bonds is 0. The van der Waals surface area contributed by atoms with E-state index < -0.39 is 17.2 Å². The Labute approximate surface area is 73.4 Å². The molecule has 2 nitrogen and oxygen atoms in total. The average molecular weight is 181 g/mol. The molecular formula is C9H5F2NO. The van der Waals surface area contributed by atoms with E-state index in [1.165, 1.54) is 0 Å². The number of hydrogen-bond donors (Lipinski definition) is 1. The van der Waals surface area contributed by atoms with E-state index in [1.54, 1.807) is 0 Å². The lowest BCUT2D eigenvalue weighted by Gasteiger charge is -1.98. The molecule has 0 saturated heterocycles. The minimum Gasteiger partial charge on any atom is -0.399 e. The Balaban J connectivity index is 3.28. The first-order valence-electron chi connectivity index (χ1n) is 3.35. The number of halogens is 2. The van der Waals surface area contributed by atoms with E-state index in [9.17, 15) is 13.6 Å². The van der Waals surface area contributed by atoms with Crippen LogP contribution >= 0.6 is 0 Å². The number of nitrogen functional groups attached to an aromatic ring is 1. The van der Waals surface area contributed by atoms with Crippen LogP contribution in [0.3, 0.4) is 0 Å². The second kappa shape index (κ2) is 3.68. The van der Waals surface area contributed by atoms with E-state index in [4.69, 9.17) is 5.73 Å². The Morgan fingerprint density at radius 3 is 2.31 bits per heavy atom. The molecule has 1 aromatic carbocycles. The number of hydrogen-bond acceptors (Lipinski definition) is 2. The van der Waals surface area contributed by atoms with Gasteiger partial charge in [0, 0.05) is 5.69 Å². The molecule has 0 aliphatic rings. The summed E-state index contributed by atoms with van der Waals surface area (Å²) >= 11 is 0. The summed E-state index contributed by atoms with van der Waals surface area (Å²) in [5.41, 5.74) is 4.69. The summed E-state index contributed by atoms with van der Waals surface area (Å²) in [6, 6.07) is 1.88. The Bertz CT molecular complexity index is 381. The minimum absolute atomic E-state index is 0.0216. The number of benzene rings is 1. The van der Waals surface area contributed by atoms with Gasteiger partial charge in [-0.25, -0.2) is 8.78 Å². The van der Waals surface area contributed by atoms with Crippen LogP contribution in [0.2, 0.25) is 0 Å². The quantitative estimate of drug-likeness (QED) is 0.370. The fourth-order valence-corrected chi connectivity index (χ4v) is 0.814. The molecule has 1 rings (SSSR count). The average Bonchev–Trinajstić information content (AvgIpc) is 2.02. The van der Waals surface area contributed by atoms with Gasteiger partial charge < -0.3 is 5.73 Å². The lowest BCUT2D eigenvalue weighted by molar-refractivity contribution is -0.103. The van der Waals surface area contributed by atoms with Crippen molar-refractivity contribution in [3.05, 3.63) is 29.3 Å². The van der Waals surface area contributed by atoms with E-state index in [0.29, 0.717) is 0 Å². The summed E-state index contributed by atoms with van der Waals surface area (Å²) in [4.78, 5) is 9.82. The maximum absolute atomic E-state index is 12.9. The molecule has 0 heterocycles. The van der Waals surface area contributed by atoms with Crippen LogP contribution in [-0.4, -0.2) is 6.29 Å². The van der Waals surface area contributed by atoms with E-state index in [0.717, 1.165) is 12.1 Å². The number of anilines is 1. The molecule has 0 aliphatic carbocycles. The molecule has 13 heavy (non-hydrogen) atoms. The highest BCUT2D eigenvalue weighted by atomic mass is 19.1. The van der Waals surface area contributed by atoms with Crippen LogP contribution in [0.25, 0.3) is 0 Å². The van der Waals surface area contributed by atoms with Crippen LogP contribution in [0.4, 0.5) is 14.5 Å². The first kappa shape index (κ1) is 9.20. The molecule has 66 valence electrons. The van der Waals surface area contributed by atoms with Gasteiger partial charge in [0.05, 0.1) is 5.56 Å². The van der Waals surface area contributed by atoms with Gasteiger partial charge in [-0.1, -0.05) is 5.92 Å². The number of aldehydes is 1. The number of carbonyl (C=O) groups excluding carboxylic acids is 1. The molecule has 0 radical (unpaired) electrons. The van der Waals surface area contributed by atoms with Gasteiger partial charge in [0.25, 0.3) is 0 Å². The summed E-state index contributed by atoms with van der Waals surface area (Å²) in [7, 11) is 0. The molecule has 0 aliphatic heterocycles. The number of nitrogens with two attached hydrogens (primary N) is 1. The second-order valence-corrected chi connectivity index (χ2v) is 2.25. The predicted molar refractivity (Wildman–Crippen MR) is 43.7 cm³/mol. The van der Waals surface area contributed by atoms with Gasteiger partial charge in [-0.05, 0) is 18.1 Å². The summed E-state index contributed by atoms with van der Waals surface area (Å²) in [6.45, 7) is 0. The van der Waals surface area contributed by atoms with E-state index in [1.807, 2.05) is 11.8 Å². The van der Waals surface area contributed by atoms with Crippen molar-refractivity contribution in [3.8, 4) is 11.8 Å². The first-order valence-corrected chi connectivity index (χ1v) is 3.35. The molecule has 2 N–H and O–H groups in total. The van der Waals surface area contributed by atoms with Crippen LogP contribution in [0.15, 0.2) is 12.1 Å². The van der Waals surface area contributed by atoms with Crippen molar-refractivity contribution in [2.45, 2.75) is 0 Å². The first-order chi connectivity index (χ1) is 6.15. The third-order valence-corrected chi connectivity index (χ3v) is 1.32. The summed E-state index contributed by atoms with van der Waals surface area (Å²) in [5.74, 6) is 2.21. The van der Waals surface area contributed by atoms with Crippen LogP contribution in [0, 0.1) is 23.5 Å². The Morgan fingerprint density at radius 2 is 1.85 bits per heavy atom. The molecule has 0 spiro atoms. The Morgan fingerprint density at radius 1 is 1.31 bits per heavy atom. The van der Waals surface area contributed by atoms with E-state index in [2.05, 4.69) is 0 Å². The Kier molecular flexibility index (Phi) is 2.60. The standard InChI is InChI=1S/C9H5F2NO/c10-8-4-6(12)5-9(11)7(8)2-1-3-13/h3-5H,12H2. The monoisotopic (exact) mass is 181 g/mol. The third-order valence-electron chi connectivity index (χ3n) is 1.32. The van der Waals surface area contributed by atoms with Crippen molar-refractivity contribution < 1.29 is 13.6 Å². The van der Waals surface area contributed by atoms with Crippen LogP contribution in [-0.2, 0) is 4.79 Å². The molecule has 0 bridgehead atoms. The van der Waals surface area contributed by atoms with Gasteiger partial charge >= 0.3 is 0 Å². The number of carbonyl (C=O) groups is 1. The fourth-order valence-electron chi connectivity index (χ4n) is 0.814. The van der Waals surface area contributed by atoms with Gasteiger partial charge in [-0.2, -0.15) is 0 Å². The van der Waals surface area contributed by atoms with Crippen molar-refractivity contribution >= 4 is 12.0 Å². The van der Waals surface area contributed by atoms with Gasteiger partial charge in [0.1, 0.15) is 11.6 Å². The van der Waals surface area contributed by atoms with Crippen molar-refractivity contribution in [2.75, 3.05) is 5.73 Å². The summed E-state index contributed by atoms with van der Waals surface area (Å²) < 4.78 is 25.8. The highest BCUT2D eigenvalue weighted by Crippen LogP contribution is 2.15. The SMILES string of the molecule is Nc1cc(F)c(C#CC=O)c(F)c1. The zero-order chi connectivity index (χ0) is 9.84. The summed E-state index contributed by atoms with van der Waals surface area (Å²) in [5, 5.41) is 0. The van der Waals surface area contributed by atoms with Gasteiger partial charge in [-0.3, -0.25) is 4.79 Å². The second-order valence-electron chi connectivity index (χ2n) is 2.25. The molecule has 0 amide bonds. The van der Waals surface area contributed by atoms with Crippen molar-refractivity contribution in [2.24, 2.45) is 0 Å². The molecule has 0 aromatic heterocycles. The molecular weight excluding hydrogens is 176 g/mol. The molecule has 0 atom stereocenters. The highest BCUT2D eigenvalue weighted by Gasteiger charge is 2.06. The van der Waals surface area contributed by atoms with Gasteiger partial charge in [0.15, 0.2) is 6.29 Å². The van der Waals surface area contributed by atoms with Crippen molar-refractivity contribution in [3.63, 3.8) is 0 Å². The molecule has 1 aromatic rings. The lowest BCUT2D eigenvalue weighted by Crippen LogP contribution is -1.94. The van der Waals surface area contributed by atoms with Crippen molar-refractivity contribution in [1.82, 2.24) is 0 Å². The van der Waals surface area contributed by atoms with Gasteiger partial charge in [-0.15, -0.1) is 0 Å². The molecule has 0 saturated carbocycles. The minimum atomic E-state index is -0.869.